The molecule has 7 nitrogen and oxygen atoms in total. The fraction of sp³-hybridized carbons (Fsp3) is 0.263. The molecule has 0 aromatic heterocycles. The zero-order chi connectivity index (χ0) is 18.7. The number of carbonyl (C=O) groups excluding carboxylic acids is 2. The van der Waals surface area contributed by atoms with Gasteiger partial charge in [-0.05, 0) is 24.3 Å². The van der Waals surface area contributed by atoms with Crippen molar-refractivity contribution in [2.75, 3.05) is 31.0 Å². The van der Waals surface area contributed by atoms with E-state index in [1.165, 1.54) is 19.2 Å². The third kappa shape index (κ3) is 3.56. The van der Waals surface area contributed by atoms with E-state index in [0.717, 1.165) is 0 Å². The zero-order valence-electron chi connectivity index (χ0n) is 14.6. The number of hydrogen-bond donors (Lipinski definition) is 2. The second kappa shape index (κ2) is 7.35. The van der Waals surface area contributed by atoms with Crippen molar-refractivity contribution < 1.29 is 24.2 Å². The van der Waals surface area contributed by atoms with Gasteiger partial charge >= 0.3 is 0 Å². The zero-order valence-corrected chi connectivity index (χ0v) is 14.6. The van der Waals surface area contributed by atoms with E-state index >= 15 is 0 Å². The second-order valence-corrected chi connectivity index (χ2v) is 5.98. The lowest BCUT2D eigenvalue weighted by atomic mass is 10.1. The van der Waals surface area contributed by atoms with E-state index in [4.69, 9.17) is 9.47 Å². The van der Waals surface area contributed by atoms with Gasteiger partial charge in [-0.1, -0.05) is 6.07 Å². The Morgan fingerprint density at radius 1 is 1.19 bits per heavy atom. The molecular weight excluding hydrogens is 336 g/mol. The van der Waals surface area contributed by atoms with Crippen LogP contribution in [-0.4, -0.2) is 37.7 Å². The highest BCUT2D eigenvalue weighted by atomic mass is 16.5. The van der Waals surface area contributed by atoms with Crippen LogP contribution in [0.2, 0.25) is 0 Å². The molecule has 1 atom stereocenters. The largest absolute Gasteiger partial charge is 0.508 e. The maximum Gasteiger partial charge on any atom is 0.229 e. The Bertz CT molecular complexity index is 836. The lowest BCUT2D eigenvalue weighted by molar-refractivity contribution is -0.122. The van der Waals surface area contributed by atoms with Crippen molar-refractivity contribution in [2.45, 2.75) is 6.42 Å². The molecule has 0 radical (unpaired) electrons. The molecule has 3 rings (SSSR count). The Balaban J connectivity index is 1.75. The number of aromatic hydroxyl groups is 1. The molecule has 0 bridgehead atoms. The average molecular weight is 356 g/mol. The van der Waals surface area contributed by atoms with E-state index in [2.05, 4.69) is 5.32 Å². The normalized spacial score (nSPS) is 16.5. The van der Waals surface area contributed by atoms with E-state index in [-0.39, 0.29) is 30.5 Å². The minimum atomic E-state index is -0.489. The van der Waals surface area contributed by atoms with Crippen molar-refractivity contribution in [1.82, 2.24) is 0 Å². The topological polar surface area (TPSA) is 88.1 Å². The molecule has 2 aromatic rings. The van der Waals surface area contributed by atoms with E-state index in [1.807, 2.05) is 0 Å². The number of nitrogens with zero attached hydrogens (tertiary/aromatic N) is 1. The van der Waals surface area contributed by atoms with Crippen LogP contribution < -0.4 is 19.7 Å². The number of methoxy groups -OCH3 is 2. The highest BCUT2D eigenvalue weighted by Crippen LogP contribution is 2.36. The summed E-state index contributed by atoms with van der Waals surface area (Å²) in [5, 5.41) is 12.2. The quantitative estimate of drug-likeness (QED) is 0.859. The summed E-state index contributed by atoms with van der Waals surface area (Å²) in [6.45, 7) is 0.256. The smallest absolute Gasteiger partial charge is 0.229 e. The molecule has 2 N–H and O–H groups in total. The number of anilines is 2. The Morgan fingerprint density at radius 3 is 2.69 bits per heavy atom. The molecule has 7 heteroatoms. The van der Waals surface area contributed by atoms with Gasteiger partial charge in [-0.15, -0.1) is 0 Å². The van der Waals surface area contributed by atoms with Crippen LogP contribution in [0.4, 0.5) is 11.4 Å². The minimum absolute atomic E-state index is 0.0647. The first-order chi connectivity index (χ1) is 12.5. The third-order valence-corrected chi connectivity index (χ3v) is 4.29. The summed E-state index contributed by atoms with van der Waals surface area (Å²) in [6.07, 6.45) is 0.111. The second-order valence-electron chi connectivity index (χ2n) is 5.98. The highest BCUT2D eigenvalue weighted by molar-refractivity contribution is 6.04. The predicted octanol–water partition coefficient (Wildman–Crippen LogP) is 2.40. The first-order valence-corrected chi connectivity index (χ1v) is 8.14. The first kappa shape index (κ1) is 17.6. The van der Waals surface area contributed by atoms with Crippen molar-refractivity contribution in [3.8, 4) is 17.2 Å². The van der Waals surface area contributed by atoms with E-state index in [0.29, 0.717) is 22.9 Å². The van der Waals surface area contributed by atoms with Crippen LogP contribution in [0, 0.1) is 5.92 Å². The van der Waals surface area contributed by atoms with Gasteiger partial charge in [0.25, 0.3) is 0 Å². The number of phenolic OH excluding ortho intramolecular Hbond substituents is 1. The van der Waals surface area contributed by atoms with E-state index < -0.39 is 5.92 Å². The molecule has 2 aromatic carbocycles. The van der Waals surface area contributed by atoms with Gasteiger partial charge in [0.2, 0.25) is 11.8 Å². The first-order valence-electron chi connectivity index (χ1n) is 8.14. The Labute approximate surface area is 151 Å². The summed E-state index contributed by atoms with van der Waals surface area (Å²) < 4.78 is 10.5. The SMILES string of the molecule is COc1ccc(N2C[C@@H](C(=O)Nc3cccc(O)c3)CC2=O)c(OC)c1. The van der Waals surface area contributed by atoms with Gasteiger partial charge in [0.1, 0.15) is 17.2 Å². The van der Waals surface area contributed by atoms with Gasteiger partial charge in [0.05, 0.1) is 25.8 Å². The van der Waals surface area contributed by atoms with Crippen LogP contribution in [0.1, 0.15) is 6.42 Å². The summed E-state index contributed by atoms with van der Waals surface area (Å²) >= 11 is 0. The molecule has 0 spiro atoms. The van der Waals surface area contributed by atoms with E-state index in [1.54, 1.807) is 42.3 Å². The van der Waals surface area contributed by atoms with Crippen molar-refractivity contribution in [2.24, 2.45) is 5.92 Å². The van der Waals surface area contributed by atoms with Crippen molar-refractivity contribution in [3.63, 3.8) is 0 Å². The molecular formula is C19H20N2O5. The average Bonchev–Trinajstić information content (AvgIpc) is 3.03. The Hall–Kier alpha value is -3.22. The van der Waals surface area contributed by atoms with Crippen LogP contribution in [0.5, 0.6) is 17.2 Å². The maximum absolute atomic E-state index is 12.5. The number of rotatable bonds is 5. The lowest BCUT2D eigenvalue weighted by Gasteiger charge is -2.20. The molecule has 0 unspecified atom stereocenters. The van der Waals surface area contributed by atoms with Crippen LogP contribution in [0.3, 0.4) is 0 Å². The number of ether oxygens (including phenoxy) is 2. The van der Waals surface area contributed by atoms with Gasteiger partial charge < -0.3 is 24.8 Å². The van der Waals surface area contributed by atoms with Gasteiger partial charge in [-0.2, -0.15) is 0 Å². The van der Waals surface area contributed by atoms with Gasteiger partial charge in [0, 0.05) is 30.8 Å². The van der Waals surface area contributed by atoms with Gasteiger partial charge in [-0.25, -0.2) is 0 Å². The number of benzene rings is 2. The fourth-order valence-corrected chi connectivity index (χ4v) is 2.95. The third-order valence-electron chi connectivity index (χ3n) is 4.29. The maximum atomic E-state index is 12.5. The molecule has 1 heterocycles. The standard InChI is InChI=1S/C19H20N2O5/c1-25-15-6-7-16(17(10-15)26-2)21-11-12(8-18(21)23)19(24)20-13-4-3-5-14(22)9-13/h3-7,9-10,12,22H,8,11H2,1-2H3,(H,20,24)/t12-/m0/s1. The summed E-state index contributed by atoms with van der Waals surface area (Å²) in [7, 11) is 3.07. The van der Waals surface area contributed by atoms with Crippen LogP contribution >= 0.6 is 0 Å². The van der Waals surface area contributed by atoms with Crippen molar-refractivity contribution in [1.29, 1.82) is 0 Å². The molecule has 26 heavy (non-hydrogen) atoms. The molecule has 1 fully saturated rings. The van der Waals surface area contributed by atoms with E-state index in [9.17, 15) is 14.7 Å². The molecule has 0 aliphatic carbocycles. The molecule has 1 aliphatic heterocycles. The summed E-state index contributed by atoms with van der Waals surface area (Å²) in [4.78, 5) is 26.5. The van der Waals surface area contributed by atoms with Crippen molar-refractivity contribution in [3.05, 3.63) is 42.5 Å². The molecule has 1 aliphatic rings. The summed E-state index contributed by atoms with van der Waals surface area (Å²) in [5.41, 5.74) is 1.09. The predicted molar refractivity (Wildman–Crippen MR) is 96.7 cm³/mol. The van der Waals surface area contributed by atoms with Crippen LogP contribution in [0.25, 0.3) is 0 Å². The molecule has 0 saturated carbocycles. The van der Waals surface area contributed by atoms with Gasteiger partial charge in [0.15, 0.2) is 0 Å². The Morgan fingerprint density at radius 2 is 2.00 bits per heavy atom. The number of carbonyl (C=O) groups is 2. The number of nitrogens with one attached hydrogen (secondary N) is 1. The minimum Gasteiger partial charge on any atom is -0.508 e. The van der Waals surface area contributed by atoms with Gasteiger partial charge in [-0.3, -0.25) is 9.59 Å². The summed E-state index contributed by atoms with van der Waals surface area (Å²) in [6, 6.07) is 11.5. The number of amides is 2. The molecule has 1 saturated heterocycles. The number of phenols is 1. The fourth-order valence-electron chi connectivity index (χ4n) is 2.95. The lowest BCUT2D eigenvalue weighted by Crippen LogP contribution is -2.28. The highest BCUT2D eigenvalue weighted by Gasteiger charge is 2.36. The molecule has 136 valence electrons. The van der Waals surface area contributed by atoms with Crippen molar-refractivity contribution >= 4 is 23.2 Å². The summed E-state index contributed by atoms with van der Waals surface area (Å²) in [5.74, 6) is 0.289. The molecule has 2 amide bonds. The monoisotopic (exact) mass is 356 g/mol. The van der Waals surface area contributed by atoms with Crippen LogP contribution in [-0.2, 0) is 9.59 Å². The Kier molecular flexibility index (Phi) is 4.97. The van der Waals surface area contributed by atoms with Crippen LogP contribution in [0.15, 0.2) is 42.5 Å². The number of hydrogen-bond acceptors (Lipinski definition) is 5.